The second-order valence-electron chi connectivity index (χ2n) is 6.03. The van der Waals surface area contributed by atoms with Gasteiger partial charge in [0, 0.05) is 11.4 Å². The Morgan fingerprint density at radius 2 is 1.69 bits per heavy atom. The van der Waals surface area contributed by atoms with Gasteiger partial charge in [0.15, 0.2) is 0 Å². The van der Waals surface area contributed by atoms with Crippen LogP contribution in [0.2, 0.25) is 5.02 Å². The van der Waals surface area contributed by atoms with Crippen molar-refractivity contribution < 1.29 is 9.18 Å². The van der Waals surface area contributed by atoms with Gasteiger partial charge in [-0.05, 0) is 48.7 Å². The monoisotopic (exact) mass is 398 g/mol. The van der Waals surface area contributed by atoms with Gasteiger partial charge in [-0.3, -0.25) is 4.79 Å². The Morgan fingerprint density at radius 3 is 2.35 bits per heavy atom. The lowest BCUT2D eigenvalue weighted by atomic mass is 9.98. The fraction of sp³-hybridized carbons (Fsp3) is 0.350. The molecule has 0 bridgehead atoms. The number of hydrogen-bond acceptors (Lipinski definition) is 2. The summed E-state index contributed by atoms with van der Waals surface area (Å²) in [5, 5.41) is 3.60. The van der Waals surface area contributed by atoms with Gasteiger partial charge in [-0.25, -0.2) is 4.39 Å². The Labute approximate surface area is 165 Å². The van der Waals surface area contributed by atoms with Crippen LogP contribution < -0.4 is 11.1 Å². The van der Waals surface area contributed by atoms with Crippen molar-refractivity contribution >= 4 is 29.9 Å². The molecule has 6 heteroatoms. The molecule has 0 fully saturated rings. The highest BCUT2D eigenvalue weighted by atomic mass is 35.5. The van der Waals surface area contributed by atoms with E-state index in [1.165, 1.54) is 12.1 Å². The average molecular weight is 399 g/mol. The van der Waals surface area contributed by atoms with Crippen LogP contribution in [0.25, 0.3) is 0 Å². The highest BCUT2D eigenvalue weighted by Gasteiger charge is 2.19. The van der Waals surface area contributed by atoms with Crippen molar-refractivity contribution in [3.63, 3.8) is 0 Å². The van der Waals surface area contributed by atoms with Crippen LogP contribution >= 0.6 is 24.0 Å². The summed E-state index contributed by atoms with van der Waals surface area (Å²) in [5.74, 6) is -0.352. The Kier molecular flexibility index (Phi) is 10.3. The summed E-state index contributed by atoms with van der Waals surface area (Å²) < 4.78 is 13.2. The number of amides is 1. The molecule has 0 spiro atoms. The molecule has 0 saturated carbocycles. The van der Waals surface area contributed by atoms with Gasteiger partial charge in [-0.2, -0.15) is 0 Å². The third kappa shape index (κ3) is 6.94. The van der Waals surface area contributed by atoms with E-state index < -0.39 is 6.04 Å². The lowest BCUT2D eigenvalue weighted by molar-refractivity contribution is -0.121. The van der Waals surface area contributed by atoms with Crippen molar-refractivity contribution in [2.24, 2.45) is 5.73 Å². The number of nitrogens with two attached hydrogens (primary N) is 1. The van der Waals surface area contributed by atoms with Crippen LogP contribution in [0, 0.1) is 5.82 Å². The zero-order chi connectivity index (χ0) is 18.1. The standard InChI is InChI=1S/C20H24ClFN2O.ClH/c21-18-8-5-4-7-17(18)20(15-10-12-16(22)13-11-15)24-19(25)9-3-1-2-6-14-23;/h4-5,7-8,10-13,20H,1-3,6,9,14,23H2,(H,24,25);1H. The van der Waals surface area contributed by atoms with Gasteiger partial charge in [0.05, 0.1) is 6.04 Å². The number of benzene rings is 2. The van der Waals surface area contributed by atoms with E-state index in [1.807, 2.05) is 18.2 Å². The van der Waals surface area contributed by atoms with Crippen LogP contribution in [0.15, 0.2) is 48.5 Å². The van der Waals surface area contributed by atoms with E-state index in [4.69, 9.17) is 17.3 Å². The molecule has 142 valence electrons. The molecule has 3 nitrogen and oxygen atoms in total. The van der Waals surface area contributed by atoms with Crippen LogP contribution in [0.5, 0.6) is 0 Å². The molecule has 0 aliphatic rings. The maximum absolute atomic E-state index is 13.2. The van der Waals surface area contributed by atoms with E-state index >= 15 is 0 Å². The Hall–Kier alpha value is -1.62. The summed E-state index contributed by atoms with van der Waals surface area (Å²) >= 11 is 6.31. The molecule has 0 radical (unpaired) electrons. The Bertz CT molecular complexity index is 680. The first kappa shape index (κ1) is 22.4. The van der Waals surface area contributed by atoms with Crippen LogP contribution in [0.3, 0.4) is 0 Å². The van der Waals surface area contributed by atoms with E-state index in [-0.39, 0.29) is 24.1 Å². The highest BCUT2D eigenvalue weighted by Crippen LogP contribution is 2.28. The molecule has 0 saturated heterocycles. The molecule has 0 aliphatic heterocycles. The molecule has 0 aromatic heterocycles. The van der Waals surface area contributed by atoms with E-state index in [2.05, 4.69) is 5.32 Å². The number of unbranched alkanes of at least 4 members (excludes halogenated alkanes) is 3. The number of hydrogen-bond donors (Lipinski definition) is 2. The Morgan fingerprint density at radius 1 is 1.04 bits per heavy atom. The topological polar surface area (TPSA) is 55.1 Å². The van der Waals surface area contributed by atoms with Crippen molar-refractivity contribution in [1.29, 1.82) is 0 Å². The molecule has 1 atom stereocenters. The van der Waals surface area contributed by atoms with E-state index in [1.54, 1.807) is 18.2 Å². The lowest BCUT2D eigenvalue weighted by Gasteiger charge is -2.21. The fourth-order valence-electron chi connectivity index (χ4n) is 2.72. The molecule has 3 N–H and O–H groups in total. The molecule has 26 heavy (non-hydrogen) atoms. The quantitative estimate of drug-likeness (QED) is 0.582. The van der Waals surface area contributed by atoms with Gasteiger partial charge in [0.25, 0.3) is 0 Å². The first-order valence-electron chi connectivity index (χ1n) is 8.61. The van der Waals surface area contributed by atoms with Gasteiger partial charge in [0.1, 0.15) is 5.82 Å². The van der Waals surface area contributed by atoms with Gasteiger partial charge in [-0.15, -0.1) is 12.4 Å². The fourth-order valence-corrected chi connectivity index (χ4v) is 2.97. The minimum Gasteiger partial charge on any atom is -0.345 e. The van der Waals surface area contributed by atoms with Crippen molar-refractivity contribution in [2.75, 3.05) is 6.54 Å². The van der Waals surface area contributed by atoms with Gasteiger partial charge < -0.3 is 11.1 Å². The summed E-state index contributed by atoms with van der Waals surface area (Å²) in [6.07, 6.45) is 4.28. The normalized spacial score (nSPS) is 11.5. The summed E-state index contributed by atoms with van der Waals surface area (Å²) in [6, 6.07) is 13.1. The van der Waals surface area contributed by atoms with E-state index in [0.717, 1.165) is 36.8 Å². The second kappa shape index (κ2) is 11.9. The SMILES string of the molecule is Cl.NCCCCCCC(=O)NC(c1ccc(F)cc1)c1ccccc1Cl. The second-order valence-corrected chi connectivity index (χ2v) is 6.43. The molecule has 0 heterocycles. The number of rotatable bonds is 9. The van der Waals surface area contributed by atoms with Gasteiger partial charge >= 0.3 is 0 Å². The first-order chi connectivity index (χ1) is 12.1. The summed E-state index contributed by atoms with van der Waals surface area (Å²) in [5.41, 5.74) is 7.07. The molecule has 2 aromatic rings. The summed E-state index contributed by atoms with van der Waals surface area (Å²) in [6.45, 7) is 0.686. The van der Waals surface area contributed by atoms with Gasteiger partial charge in [0.2, 0.25) is 5.91 Å². The maximum Gasteiger partial charge on any atom is 0.220 e. The minimum absolute atomic E-state index is 0. The third-order valence-corrected chi connectivity index (χ3v) is 4.43. The summed E-state index contributed by atoms with van der Waals surface area (Å²) in [4.78, 5) is 12.4. The number of carbonyl (C=O) groups is 1. The highest BCUT2D eigenvalue weighted by molar-refractivity contribution is 6.31. The maximum atomic E-state index is 13.2. The molecular formula is C20H25Cl2FN2O. The van der Waals surface area contributed by atoms with Crippen molar-refractivity contribution in [2.45, 2.75) is 38.1 Å². The number of carbonyl (C=O) groups excluding carboxylic acids is 1. The van der Waals surface area contributed by atoms with E-state index in [9.17, 15) is 9.18 Å². The zero-order valence-corrected chi connectivity index (χ0v) is 16.2. The predicted molar refractivity (Wildman–Crippen MR) is 107 cm³/mol. The Balaban J connectivity index is 0.00000338. The predicted octanol–water partition coefficient (Wildman–Crippen LogP) is 5.02. The molecule has 1 amide bonds. The molecule has 2 rings (SSSR count). The largest absolute Gasteiger partial charge is 0.345 e. The van der Waals surface area contributed by atoms with Crippen molar-refractivity contribution in [3.05, 3.63) is 70.5 Å². The van der Waals surface area contributed by atoms with Crippen LogP contribution in [0.4, 0.5) is 4.39 Å². The molecule has 0 aliphatic carbocycles. The van der Waals surface area contributed by atoms with Crippen LogP contribution in [0.1, 0.15) is 49.3 Å². The van der Waals surface area contributed by atoms with Gasteiger partial charge in [-0.1, -0.05) is 54.8 Å². The van der Waals surface area contributed by atoms with Crippen molar-refractivity contribution in [1.82, 2.24) is 5.32 Å². The van der Waals surface area contributed by atoms with E-state index in [0.29, 0.717) is 18.0 Å². The smallest absolute Gasteiger partial charge is 0.220 e. The summed E-state index contributed by atoms with van der Waals surface area (Å²) in [7, 11) is 0. The van der Waals surface area contributed by atoms with Crippen LogP contribution in [-0.4, -0.2) is 12.5 Å². The third-order valence-electron chi connectivity index (χ3n) is 4.08. The van der Waals surface area contributed by atoms with Crippen LogP contribution in [-0.2, 0) is 4.79 Å². The molecule has 1 unspecified atom stereocenters. The number of nitrogens with one attached hydrogen (secondary N) is 1. The minimum atomic E-state index is -0.397. The molecular weight excluding hydrogens is 374 g/mol. The lowest BCUT2D eigenvalue weighted by Crippen LogP contribution is -2.29. The van der Waals surface area contributed by atoms with Crippen molar-refractivity contribution in [3.8, 4) is 0 Å². The first-order valence-corrected chi connectivity index (χ1v) is 8.99. The zero-order valence-electron chi connectivity index (χ0n) is 14.6. The molecule has 2 aromatic carbocycles. The average Bonchev–Trinajstić information content (AvgIpc) is 2.61. The number of halogens is 3.